The van der Waals surface area contributed by atoms with E-state index in [2.05, 4.69) is 11.4 Å². The van der Waals surface area contributed by atoms with E-state index >= 15 is 0 Å². The molecule has 6 rings (SSSR count). The van der Waals surface area contributed by atoms with Gasteiger partial charge in [0, 0.05) is 12.2 Å². The molecule has 3 aromatic rings. The second-order valence-corrected chi connectivity index (χ2v) is 11.8. The van der Waals surface area contributed by atoms with Crippen molar-refractivity contribution in [3.05, 3.63) is 93.5 Å². The third-order valence-electron chi connectivity index (χ3n) is 7.82. The zero-order valence-corrected chi connectivity index (χ0v) is 20.8. The zero-order chi connectivity index (χ0) is 24.9. The first-order chi connectivity index (χ1) is 17.5. The first kappa shape index (κ1) is 23.0. The van der Waals surface area contributed by atoms with Crippen molar-refractivity contribution >= 4 is 21.6 Å². The number of sulfonamides is 1. The monoisotopic (exact) mass is 497 g/mol. The number of nitrogens with one attached hydrogen (secondary N) is 1. The van der Waals surface area contributed by atoms with Crippen LogP contribution in [0.25, 0.3) is 0 Å². The molecule has 1 atom stereocenters. The number of nitriles is 1. The van der Waals surface area contributed by atoms with Crippen LogP contribution in [0, 0.1) is 11.3 Å². The standard InChI is InChI=1S/C29H27N3O3S/c30-17-19-11-13-24(14-12-19)36(34,35)32-18-23-6-2-1-5-20(23)16-27(32)29(33)31-28-25-9-3-7-21(25)15-22-8-4-10-26(22)28/h1-2,5-6,11-15,27H,3-4,7-10,16,18H2,(H,31,33)/t27-/m0/s1. The fourth-order valence-corrected chi connectivity index (χ4v) is 7.55. The summed E-state index contributed by atoms with van der Waals surface area (Å²) >= 11 is 0. The van der Waals surface area contributed by atoms with E-state index in [1.54, 1.807) is 0 Å². The van der Waals surface area contributed by atoms with Crippen LogP contribution in [0.1, 0.15) is 51.8 Å². The molecule has 0 spiro atoms. The quantitative estimate of drug-likeness (QED) is 0.582. The van der Waals surface area contributed by atoms with Crippen molar-refractivity contribution in [1.29, 1.82) is 5.26 Å². The highest BCUT2D eigenvalue weighted by molar-refractivity contribution is 7.89. The summed E-state index contributed by atoms with van der Waals surface area (Å²) in [5.41, 5.74) is 8.30. The van der Waals surface area contributed by atoms with Gasteiger partial charge in [0.15, 0.2) is 0 Å². The first-order valence-electron chi connectivity index (χ1n) is 12.5. The molecule has 3 aromatic carbocycles. The van der Waals surface area contributed by atoms with Crippen molar-refractivity contribution in [2.75, 3.05) is 5.32 Å². The molecule has 0 fully saturated rings. The van der Waals surface area contributed by atoms with Crippen molar-refractivity contribution in [1.82, 2.24) is 4.31 Å². The van der Waals surface area contributed by atoms with Crippen molar-refractivity contribution in [2.45, 2.75) is 62.4 Å². The van der Waals surface area contributed by atoms with Gasteiger partial charge in [0.25, 0.3) is 0 Å². The second kappa shape index (κ2) is 8.88. The van der Waals surface area contributed by atoms with Gasteiger partial charge in [-0.05, 0) is 103 Å². The summed E-state index contributed by atoms with van der Waals surface area (Å²) in [7, 11) is -3.98. The molecular formula is C29H27N3O3S. The fraction of sp³-hybridized carbons (Fsp3) is 0.310. The topological polar surface area (TPSA) is 90.3 Å². The molecule has 36 heavy (non-hydrogen) atoms. The van der Waals surface area contributed by atoms with Gasteiger partial charge in [-0.1, -0.05) is 30.3 Å². The number of carbonyl (C=O) groups excluding carboxylic acids is 1. The van der Waals surface area contributed by atoms with Gasteiger partial charge in [-0.3, -0.25) is 4.79 Å². The van der Waals surface area contributed by atoms with E-state index in [0.29, 0.717) is 12.0 Å². The molecule has 7 heteroatoms. The molecule has 1 heterocycles. The van der Waals surface area contributed by atoms with Gasteiger partial charge in [-0.25, -0.2) is 8.42 Å². The molecule has 0 unspecified atom stereocenters. The largest absolute Gasteiger partial charge is 0.324 e. The molecule has 3 aliphatic rings. The van der Waals surface area contributed by atoms with E-state index in [4.69, 9.17) is 5.26 Å². The van der Waals surface area contributed by atoms with Crippen molar-refractivity contribution < 1.29 is 13.2 Å². The number of nitrogens with zero attached hydrogens (tertiary/aromatic N) is 2. The maximum Gasteiger partial charge on any atom is 0.244 e. The summed E-state index contributed by atoms with van der Waals surface area (Å²) < 4.78 is 28.9. The van der Waals surface area contributed by atoms with Crippen molar-refractivity contribution in [3.63, 3.8) is 0 Å². The number of benzene rings is 3. The van der Waals surface area contributed by atoms with Gasteiger partial charge in [0.2, 0.25) is 15.9 Å². The predicted molar refractivity (Wildman–Crippen MR) is 137 cm³/mol. The molecule has 0 saturated heterocycles. The number of hydrogen-bond donors (Lipinski definition) is 1. The highest BCUT2D eigenvalue weighted by atomic mass is 32.2. The number of aryl methyl sites for hydroxylation is 2. The van der Waals surface area contributed by atoms with Crippen LogP contribution in [0.5, 0.6) is 0 Å². The van der Waals surface area contributed by atoms with Crippen LogP contribution in [-0.2, 0) is 53.5 Å². The molecule has 0 aromatic heterocycles. The second-order valence-electron chi connectivity index (χ2n) is 9.90. The number of hydrogen-bond acceptors (Lipinski definition) is 4. The summed E-state index contributed by atoms with van der Waals surface area (Å²) in [6.45, 7) is 0.127. The third-order valence-corrected chi connectivity index (χ3v) is 9.69. The van der Waals surface area contributed by atoms with Crippen LogP contribution in [0.2, 0.25) is 0 Å². The number of carbonyl (C=O) groups is 1. The number of fused-ring (bicyclic) bond motifs is 3. The molecule has 0 bridgehead atoms. The van der Waals surface area contributed by atoms with E-state index in [0.717, 1.165) is 55.3 Å². The van der Waals surface area contributed by atoms with Gasteiger partial charge in [0.05, 0.1) is 16.5 Å². The predicted octanol–water partition coefficient (Wildman–Crippen LogP) is 4.29. The molecule has 1 amide bonds. The minimum absolute atomic E-state index is 0.0835. The van der Waals surface area contributed by atoms with Gasteiger partial charge < -0.3 is 5.32 Å². The molecule has 182 valence electrons. The Labute approximate surface area is 211 Å². The van der Waals surface area contributed by atoms with E-state index in [1.165, 1.54) is 50.8 Å². The van der Waals surface area contributed by atoms with Crippen LogP contribution >= 0.6 is 0 Å². The fourth-order valence-electron chi connectivity index (χ4n) is 5.99. The Balaban J connectivity index is 1.39. The van der Waals surface area contributed by atoms with Gasteiger partial charge >= 0.3 is 0 Å². The Morgan fingerprint density at radius 1 is 0.889 bits per heavy atom. The van der Waals surface area contributed by atoms with Gasteiger partial charge in [-0.2, -0.15) is 9.57 Å². The van der Waals surface area contributed by atoms with E-state index in [1.807, 2.05) is 30.3 Å². The minimum atomic E-state index is -3.98. The van der Waals surface area contributed by atoms with Gasteiger partial charge in [-0.15, -0.1) is 0 Å². The molecule has 0 radical (unpaired) electrons. The summed E-state index contributed by atoms with van der Waals surface area (Å²) in [4.78, 5) is 14.0. The Morgan fingerprint density at radius 3 is 2.17 bits per heavy atom. The van der Waals surface area contributed by atoms with Crippen LogP contribution in [-0.4, -0.2) is 24.7 Å². The number of anilines is 1. The third kappa shape index (κ3) is 3.82. The lowest BCUT2D eigenvalue weighted by Gasteiger charge is -2.35. The molecule has 0 saturated carbocycles. The first-order valence-corrected chi connectivity index (χ1v) is 14.0. The highest BCUT2D eigenvalue weighted by Gasteiger charge is 2.40. The SMILES string of the molecule is N#Cc1ccc(S(=O)(=O)N2Cc3ccccc3C[C@H]2C(=O)Nc2c3c(cc4c2CCC4)CCC3)cc1. The maximum absolute atomic E-state index is 13.9. The zero-order valence-electron chi connectivity index (χ0n) is 20.0. The van der Waals surface area contributed by atoms with Crippen LogP contribution in [0.15, 0.2) is 59.5 Å². The minimum Gasteiger partial charge on any atom is -0.324 e. The Kier molecular flexibility index (Phi) is 5.66. The van der Waals surface area contributed by atoms with Crippen LogP contribution < -0.4 is 5.32 Å². The Hall–Kier alpha value is -3.47. The summed E-state index contributed by atoms with van der Waals surface area (Å²) in [6.07, 6.45) is 6.42. The maximum atomic E-state index is 13.9. The van der Waals surface area contributed by atoms with Crippen LogP contribution in [0.3, 0.4) is 0 Å². The van der Waals surface area contributed by atoms with E-state index in [-0.39, 0.29) is 17.3 Å². The van der Waals surface area contributed by atoms with E-state index in [9.17, 15) is 13.2 Å². The number of rotatable bonds is 4. The Bertz CT molecular complexity index is 1490. The average Bonchev–Trinajstić information content (AvgIpc) is 3.57. The lowest BCUT2D eigenvalue weighted by molar-refractivity contribution is -0.120. The van der Waals surface area contributed by atoms with Gasteiger partial charge in [0.1, 0.15) is 6.04 Å². The molecule has 2 aliphatic carbocycles. The number of amides is 1. The molecule has 1 aliphatic heterocycles. The van der Waals surface area contributed by atoms with Crippen molar-refractivity contribution in [2.24, 2.45) is 0 Å². The van der Waals surface area contributed by atoms with Crippen molar-refractivity contribution in [3.8, 4) is 6.07 Å². The Morgan fingerprint density at radius 2 is 1.53 bits per heavy atom. The highest BCUT2D eigenvalue weighted by Crippen LogP contribution is 2.39. The molecule has 6 nitrogen and oxygen atoms in total. The summed E-state index contributed by atoms with van der Waals surface area (Å²) in [5.74, 6) is -0.281. The lowest BCUT2D eigenvalue weighted by Crippen LogP contribution is -2.50. The normalized spacial score (nSPS) is 18.7. The molecule has 1 N–H and O–H groups in total. The lowest BCUT2D eigenvalue weighted by atomic mass is 9.94. The average molecular weight is 498 g/mol. The van der Waals surface area contributed by atoms with E-state index < -0.39 is 16.1 Å². The van der Waals surface area contributed by atoms with Crippen LogP contribution in [0.4, 0.5) is 5.69 Å². The smallest absolute Gasteiger partial charge is 0.244 e. The summed E-state index contributed by atoms with van der Waals surface area (Å²) in [5, 5.41) is 12.3. The summed E-state index contributed by atoms with van der Waals surface area (Å²) in [6, 6.07) is 17.1. The molecular weight excluding hydrogens is 470 g/mol.